The molecule has 0 radical (unpaired) electrons. The standard InChI is InChI=1S/C15H15ClN4O/c1-10-12(9-20(19-10)5-6-21-2)11-7-14-13(17-8-11)3-4-15(16)18-14/h3-4,7-9H,5-6H2,1-2H3. The van der Waals surface area contributed by atoms with Gasteiger partial charge < -0.3 is 4.74 Å². The molecule has 3 heterocycles. The number of hydrogen-bond acceptors (Lipinski definition) is 4. The van der Waals surface area contributed by atoms with E-state index in [1.54, 1.807) is 13.2 Å². The minimum atomic E-state index is 0.467. The molecule has 0 fully saturated rings. The van der Waals surface area contributed by atoms with Gasteiger partial charge in [-0.25, -0.2) is 4.98 Å². The zero-order valence-electron chi connectivity index (χ0n) is 11.9. The fourth-order valence-corrected chi connectivity index (χ4v) is 2.38. The number of nitrogens with zero attached hydrogens (tertiary/aromatic N) is 4. The number of methoxy groups -OCH3 is 1. The molecule has 0 aromatic carbocycles. The van der Waals surface area contributed by atoms with Crippen molar-refractivity contribution in [3.63, 3.8) is 0 Å². The van der Waals surface area contributed by atoms with E-state index in [-0.39, 0.29) is 0 Å². The van der Waals surface area contributed by atoms with Gasteiger partial charge in [0.15, 0.2) is 0 Å². The van der Waals surface area contributed by atoms with Crippen molar-refractivity contribution in [1.29, 1.82) is 0 Å². The minimum Gasteiger partial charge on any atom is -0.383 e. The second-order valence-corrected chi connectivity index (χ2v) is 5.17. The average Bonchev–Trinajstić information content (AvgIpc) is 2.85. The molecule has 0 aliphatic carbocycles. The second kappa shape index (κ2) is 5.79. The van der Waals surface area contributed by atoms with Gasteiger partial charge in [-0.2, -0.15) is 5.10 Å². The van der Waals surface area contributed by atoms with Crippen molar-refractivity contribution >= 4 is 22.6 Å². The minimum absolute atomic E-state index is 0.467. The molecule has 0 saturated heterocycles. The highest BCUT2D eigenvalue weighted by atomic mass is 35.5. The van der Waals surface area contributed by atoms with Crippen molar-refractivity contribution in [2.24, 2.45) is 0 Å². The lowest BCUT2D eigenvalue weighted by atomic mass is 10.1. The number of aryl methyl sites for hydroxylation is 1. The van der Waals surface area contributed by atoms with Crippen molar-refractivity contribution in [1.82, 2.24) is 19.7 Å². The van der Waals surface area contributed by atoms with Gasteiger partial charge in [-0.15, -0.1) is 0 Å². The monoisotopic (exact) mass is 302 g/mol. The molecule has 108 valence electrons. The van der Waals surface area contributed by atoms with Crippen molar-refractivity contribution in [2.45, 2.75) is 13.5 Å². The van der Waals surface area contributed by atoms with E-state index in [1.165, 1.54) is 0 Å². The molecule has 0 spiro atoms. The molecule has 0 aliphatic rings. The number of rotatable bonds is 4. The highest BCUT2D eigenvalue weighted by molar-refractivity contribution is 6.29. The Morgan fingerprint density at radius 2 is 2.14 bits per heavy atom. The van der Waals surface area contributed by atoms with E-state index in [4.69, 9.17) is 16.3 Å². The highest BCUT2D eigenvalue weighted by Gasteiger charge is 2.09. The van der Waals surface area contributed by atoms with Crippen LogP contribution in [-0.2, 0) is 11.3 Å². The van der Waals surface area contributed by atoms with Crippen molar-refractivity contribution in [3.8, 4) is 11.1 Å². The summed E-state index contributed by atoms with van der Waals surface area (Å²) in [6.07, 6.45) is 3.84. The fraction of sp³-hybridized carbons (Fsp3) is 0.267. The molecule has 0 unspecified atom stereocenters. The molecule has 0 aliphatic heterocycles. The Morgan fingerprint density at radius 3 is 2.95 bits per heavy atom. The lowest BCUT2D eigenvalue weighted by Crippen LogP contribution is -2.04. The third kappa shape index (κ3) is 2.89. The van der Waals surface area contributed by atoms with Crippen LogP contribution >= 0.6 is 11.6 Å². The zero-order chi connectivity index (χ0) is 14.8. The van der Waals surface area contributed by atoms with E-state index in [9.17, 15) is 0 Å². The maximum Gasteiger partial charge on any atom is 0.129 e. The van der Waals surface area contributed by atoms with Gasteiger partial charge in [0.05, 0.1) is 29.9 Å². The summed E-state index contributed by atoms with van der Waals surface area (Å²) < 4.78 is 6.95. The molecule has 21 heavy (non-hydrogen) atoms. The Hall–Kier alpha value is -1.98. The second-order valence-electron chi connectivity index (χ2n) is 4.78. The molecule has 0 bridgehead atoms. The predicted molar refractivity (Wildman–Crippen MR) is 82.4 cm³/mol. The van der Waals surface area contributed by atoms with Crippen LogP contribution in [0.4, 0.5) is 0 Å². The summed E-state index contributed by atoms with van der Waals surface area (Å²) in [6.45, 7) is 3.34. The molecule has 0 N–H and O–H groups in total. The molecule has 0 atom stereocenters. The van der Waals surface area contributed by atoms with Crippen LogP contribution in [0.15, 0.2) is 30.6 Å². The molecule has 3 aromatic rings. The first kappa shape index (κ1) is 14.0. The fourth-order valence-electron chi connectivity index (χ4n) is 2.23. The zero-order valence-corrected chi connectivity index (χ0v) is 12.6. The lowest BCUT2D eigenvalue weighted by molar-refractivity contribution is 0.183. The summed E-state index contributed by atoms with van der Waals surface area (Å²) in [5.74, 6) is 0. The summed E-state index contributed by atoms with van der Waals surface area (Å²) in [5.41, 5.74) is 4.59. The van der Waals surface area contributed by atoms with Gasteiger partial charge in [0.1, 0.15) is 5.15 Å². The van der Waals surface area contributed by atoms with Crippen LogP contribution in [0.5, 0.6) is 0 Å². The van der Waals surface area contributed by atoms with E-state index in [0.717, 1.165) is 34.4 Å². The number of hydrogen-bond donors (Lipinski definition) is 0. The predicted octanol–water partition coefficient (Wildman–Crippen LogP) is 3.10. The number of fused-ring (bicyclic) bond motifs is 1. The third-order valence-corrected chi connectivity index (χ3v) is 3.50. The Labute approximate surface area is 127 Å². The summed E-state index contributed by atoms with van der Waals surface area (Å²) >= 11 is 5.94. The molecule has 3 rings (SSSR count). The van der Waals surface area contributed by atoms with Crippen LogP contribution in [0, 0.1) is 6.92 Å². The van der Waals surface area contributed by atoms with Crippen LogP contribution < -0.4 is 0 Å². The molecule has 0 amide bonds. The Balaban J connectivity index is 2.01. The smallest absolute Gasteiger partial charge is 0.129 e. The van der Waals surface area contributed by atoms with Crippen molar-refractivity contribution < 1.29 is 4.74 Å². The van der Waals surface area contributed by atoms with Crippen LogP contribution in [0.1, 0.15) is 5.69 Å². The van der Waals surface area contributed by atoms with Gasteiger partial charge >= 0.3 is 0 Å². The van der Waals surface area contributed by atoms with Gasteiger partial charge in [-0.1, -0.05) is 11.6 Å². The number of aromatic nitrogens is 4. The van der Waals surface area contributed by atoms with E-state index >= 15 is 0 Å². The van der Waals surface area contributed by atoms with Crippen LogP contribution in [0.25, 0.3) is 22.2 Å². The largest absolute Gasteiger partial charge is 0.383 e. The SMILES string of the molecule is COCCn1cc(-c2cnc3ccc(Cl)nc3c2)c(C)n1. The summed E-state index contributed by atoms with van der Waals surface area (Å²) in [6, 6.07) is 5.59. The lowest BCUT2D eigenvalue weighted by Gasteiger charge is -2.02. The van der Waals surface area contributed by atoms with Gasteiger partial charge in [-0.3, -0.25) is 9.67 Å². The van der Waals surface area contributed by atoms with E-state index in [0.29, 0.717) is 11.8 Å². The van der Waals surface area contributed by atoms with E-state index in [1.807, 2.05) is 36.1 Å². The first-order chi connectivity index (χ1) is 10.2. The molecular weight excluding hydrogens is 288 g/mol. The number of pyridine rings is 2. The van der Waals surface area contributed by atoms with E-state index < -0.39 is 0 Å². The third-order valence-electron chi connectivity index (χ3n) is 3.29. The van der Waals surface area contributed by atoms with Gasteiger partial charge in [0.2, 0.25) is 0 Å². The Kier molecular flexibility index (Phi) is 3.86. The topological polar surface area (TPSA) is 52.8 Å². The van der Waals surface area contributed by atoms with Gasteiger partial charge in [0, 0.05) is 30.6 Å². The van der Waals surface area contributed by atoms with Gasteiger partial charge in [0.25, 0.3) is 0 Å². The average molecular weight is 303 g/mol. The van der Waals surface area contributed by atoms with Crippen molar-refractivity contribution in [3.05, 3.63) is 41.4 Å². The van der Waals surface area contributed by atoms with Crippen LogP contribution in [-0.4, -0.2) is 33.5 Å². The molecular formula is C15H15ClN4O. The quantitative estimate of drug-likeness (QED) is 0.695. The van der Waals surface area contributed by atoms with Crippen LogP contribution in [0.2, 0.25) is 5.15 Å². The summed E-state index contributed by atoms with van der Waals surface area (Å²) in [5, 5.41) is 4.95. The molecule has 6 heteroatoms. The van der Waals surface area contributed by atoms with Crippen molar-refractivity contribution in [2.75, 3.05) is 13.7 Å². The highest BCUT2D eigenvalue weighted by Crippen LogP contribution is 2.25. The number of ether oxygens (including phenoxy) is 1. The summed E-state index contributed by atoms with van der Waals surface area (Å²) in [7, 11) is 1.68. The van der Waals surface area contributed by atoms with Gasteiger partial charge in [-0.05, 0) is 25.1 Å². The Bertz CT molecular complexity index is 784. The molecule has 5 nitrogen and oxygen atoms in total. The van der Waals surface area contributed by atoms with Crippen LogP contribution in [0.3, 0.4) is 0 Å². The number of halogens is 1. The normalized spacial score (nSPS) is 11.2. The summed E-state index contributed by atoms with van der Waals surface area (Å²) in [4.78, 5) is 8.73. The van der Waals surface area contributed by atoms with E-state index in [2.05, 4.69) is 15.1 Å². The Morgan fingerprint density at radius 1 is 1.29 bits per heavy atom. The maximum absolute atomic E-state index is 5.94. The maximum atomic E-state index is 5.94. The first-order valence-electron chi connectivity index (χ1n) is 6.63. The first-order valence-corrected chi connectivity index (χ1v) is 7.01. The molecule has 0 saturated carbocycles. The molecule has 3 aromatic heterocycles.